The Hall–Kier alpha value is -1.25. The smallest absolute Gasteiger partial charge is 0.249 e. The van der Waals surface area contributed by atoms with E-state index >= 15 is 0 Å². The number of amides is 1. The lowest BCUT2D eigenvalue weighted by Crippen LogP contribution is -2.46. The molecule has 0 saturated carbocycles. The zero-order chi connectivity index (χ0) is 12.0. The molecular weight excluding hydrogens is 188 g/mol. The van der Waals surface area contributed by atoms with Crippen LogP contribution in [0.3, 0.4) is 0 Å². The van der Waals surface area contributed by atoms with Gasteiger partial charge in [0.1, 0.15) is 6.04 Å². The SMILES string of the molecule is C=CN(C)C(=O)C(C(C)C)N(C=C)CC. The topological polar surface area (TPSA) is 23.6 Å². The van der Waals surface area contributed by atoms with Gasteiger partial charge in [-0.1, -0.05) is 27.0 Å². The minimum Gasteiger partial charge on any atom is -0.366 e. The van der Waals surface area contributed by atoms with E-state index in [0.29, 0.717) is 0 Å². The van der Waals surface area contributed by atoms with Gasteiger partial charge in [-0.15, -0.1) is 0 Å². The fourth-order valence-electron chi connectivity index (χ4n) is 1.55. The van der Waals surface area contributed by atoms with Crippen molar-refractivity contribution in [3.63, 3.8) is 0 Å². The van der Waals surface area contributed by atoms with Crippen molar-refractivity contribution >= 4 is 5.91 Å². The van der Waals surface area contributed by atoms with E-state index in [1.54, 1.807) is 13.2 Å². The number of hydrogen-bond acceptors (Lipinski definition) is 2. The van der Waals surface area contributed by atoms with Crippen LogP contribution in [0.25, 0.3) is 0 Å². The molecule has 0 aliphatic heterocycles. The lowest BCUT2D eigenvalue weighted by molar-refractivity contribution is -0.133. The molecule has 1 atom stereocenters. The first kappa shape index (κ1) is 13.8. The van der Waals surface area contributed by atoms with Crippen LogP contribution >= 0.6 is 0 Å². The van der Waals surface area contributed by atoms with Crippen LogP contribution in [0.4, 0.5) is 0 Å². The molecule has 15 heavy (non-hydrogen) atoms. The van der Waals surface area contributed by atoms with E-state index in [1.165, 1.54) is 11.1 Å². The predicted octanol–water partition coefficient (Wildman–Crippen LogP) is 2.08. The van der Waals surface area contributed by atoms with Gasteiger partial charge in [-0.3, -0.25) is 4.79 Å². The molecule has 0 aromatic rings. The summed E-state index contributed by atoms with van der Waals surface area (Å²) >= 11 is 0. The third kappa shape index (κ3) is 3.42. The molecule has 0 aliphatic carbocycles. The molecular formula is C12H22N2O. The van der Waals surface area contributed by atoms with Crippen LogP contribution in [0.5, 0.6) is 0 Å². The first-order valence-corrected chi connectivity index (χ1v) is 5.27. The minimum atomic E-state index is -0.157. The van der Waals surface area contributed by atoms with Gasteiger partial charge in [-0.05, 0) is 25.2 Å². The predicted molar refractivity (Wildman–Crippen MR) is 64.2 cm³/mol. The first-order valence-electron chi connectivity index (χ1n) is 5.27. The molecule has 0 heterocycles. The highest BCUT2D eigenvalue weighted by Gasteiger charge is 2.27. The molecule has 0 N–H and O–H groups in total. The first-order chi connectivity index (χ1) is 6.99. The van der Waals surface area contributed by atoms with Crippen molar-refractivity contribution in [3.05, 3.63) is 25.6 Å². The molecule has 0 rings (SSSR count). The Morgan fingerprint density at radius 2 is 1.87 bits per heavy atom. The normalized spacial score (nSPS) is 12.1. The number of carbonyl (C=O) groups is 1. The Morgan fingerprint density at radius 3 is 2.13 bits per heavy atom. The molecule has 1 unspecified atom stereocenters. The van der Waals surface area contributed by atoms with Crippen LogP contribution in [0.15, 0.2) is 25.6 Å². The van der Waals surface area contributed by atoms with Crippen LogP contribution < -0.4 is 0 Å². The molecule has 0 bridgehead atoms. The molecule has 1 amide bonds. The molecule has 0 radical (unpaired) electrons. The van der Waals surface area contributed by atoms with Crippen molar-refractivity contribution in [2.75, 3.05) is 13.6 Å². The standard InChI is InChI=1S/C12H22N2O/c1-7-13(6)12(15)11(10(4)5)14(8-2)9-3/h7-8,10-11H,1-2,9H2,3-6H3. The maximum Gasteiger partial charge on any atom is 0.249 e. The van der Waals surface area contributed by atoms with Gasteiger partial charge in [0.2, 0.25) is 5.91 Å². The van der Waals surface area contributed by atoms with Crippen LogP contribution in [-0.4, -0.2) is 35.3 Å². The second-order valence-electron chi connectivity index (χ2n) is 3.83. The van der Waals surface area contributed by atoms with Crippen molar-refractivity contribution in [1.82, 2.24) is 9.80 Å². The highest BCUT2D eigenvalue weighted by atomic mass is 16.2. The number of likely N-dealkylation sites (N-methyl/N-ethyl adjacent to an activating group) is 2. The summed E-state index contributed by atoms with van der Waals surface area (Å²) in [6.45, 7) is 14.2. The van der Waals surface area contributed by atoms with E-state index in [9.17, 15) is 4.79 Å². The molecule has 86 valence electrons. The van der Waals surface area contributed by atoms with E-state index in [0.717, 1.165) is 6.54 Å². The third-order valence-electron chi connectivity index (χ3n) is 2.46. The Labute approximate surface area is 93.1 Å². The van der Waals surface area contributed by atoms with Crippen molar-refractivity contribution in [2.24, 2.45) is 5.92 Å². The number of rotatable bonds is 6. The van der Waals surface area contributed by atoms with Crippen LogP contribution in [-0.2, 0) is 4.79 Å². The average Bonchev–Trinajstić information content (AvgIpc) is 2.22. The summed E-state index contributed by atoms with van der Waals surface area (Å²) in [5.41, 5.74) is 0. The Bertz CT molecular complexity index is 236. The second kappa shape index (κ2) is 6.27. The highest BCUT2D eigenvalue weighted by molar-refractivity contribution is 5.82. The zero-order valence-corrected chi connectivity index (χ0v) is 10.2. The Kier molecular flexibility index (Phi) is 5.75. The monoisotopic (exact) mass is 210 g/mol. The fraction of sp³-hybridized carbons (Fsp3) is 0.583. The molecule has 0 aromatic carbocycles. The molecule has 0 aromatic heterocycles. The van der Waals surface area contributed by atoms with Crippen molar-refractivity contribution in [2.45, 2.75) is 26.8 Å². The summed E-state index contributed by atoms with van der Waals surface area (Å²) < 4.78 is 0. The highest BCUT2D eigenvalue weighted by Crippen LogP contribution is 2.13. The van der Waals surface area contributed by atoms with Gasteiger partial charge in [0.15, 0.2) is 0 Å². The van der Waals surface area contributed by atoms with Crippen LogP contribution in [0, 0.1) is 5.92 Å². The Balaban J connectivity index is 4.87. The lowest BCUT2D eigenvalue weighted by atomic mass is 10.0. The van der Waals surface area contributed by atoms with Crippen LogP contribution in [0.2, 0.25) is 0 Å². The summed E-state index contributed by atoms with van der Waals surface area (Å²) in [6.07, 6.45) is 3.26. The molecule has 3 heteroatoms. The summed E-state index contributed by atoms with van der Waals surface area (Å²) in [5, 5.41) is 0. The molecule has 0 aliphatic rings. The molecule has 0 saturated heterocycles. The minimum absolute atomic E-state index is 0.0572. The number of hydrogen-bond donors (Lipinski definition) is 0. The van der Waals surface area contributed by atoms with Gasteiger partial charge in [0, 0.05) is 13.6 Å². The van der Waals surface area contributed by atoms with Gasteiger partial charge < -0.3 is 9.80 Å². The van der Waals surface area contributed by atoms with Gasteiger partial charge in [-0.2, -0.15) is 0 Å². The second-order valence-corrected chi connectivity index (χ2v) is 3.83. The number of carbonyl (C=O) groups excluding carboxylic acids is 1. The van der Waals surface area contributed by atoms with Gasteiger partial charge in [0.25, 0.3) is 0 Å². The van der Waals surface area contributed by atoms with Crippen molar-refractivity contribution < 1.29 is 4.79 Å². The van der Waals surface area contributed by atoms with Gasteiger partial charge >= 0.3 is 0 Å². The van der Waals surface area contributed by atoms with Crippen LogP contribution in [0.1, 0.15) is 20.8 Å². The zero-order valence-electron chi connectivity index (χ0n) is 10.2. The van der Waals surface area contributed by atoms with Crippen molar-refractivity contribution in [3.8, 4) is 0 Å². The van der Waals surface area contributed by atoms with Gasteiger partial charge in [-0.25, -0.2) is 0 Å². The van der Waals surface area contributed by atoms with E-state index in [1.807, 2.05) is 25.7 Å². The third-order valence-corrected chi connectivity index (χ3v) is 2.46. The molecule has 0 spiro atoms. The summed E-state index contributed by atoms with van der Waals surface area (Å²) in [5.74, 6) is 0.305. The van der Waals surface area contributed by atoms with E-state index in [2.05, 4.69) is 13.2 Å². The lowest BCUT2D eigenvalue weighted by Gasteiger charge is -2.33. The quantitative estimate of drug-likeness (QED) is 0.670. The summed E-state index contributed by atoms with van der Waals surface area (Å²) in [7, 11) is 1.72. The maximum absolute atomic E-state index is 12.0. The number of nitrogens with zero attached hydrogens (tertiary/aromatic N) is 2. The summed E-state index contributed by atoms with van der Waals surface area (Å²) in [6, 6.07) is -0.157. The average molecular weight is 210 g/mol. The maximum atomic E-state index is 12.0. The van der Waals surface area contributed by atoms with Crippen molar-refractivity contribution in [1.29, 1.82) is 0 Å². The summed E-state index contributed by atoms with van der Waals surface area (Å²) in [4.78, 5) is 15.5. The van der Waals surface area contributed by atoms with Gasteiger partial charge in [0.05, 0.1) is 0 Å². The Morgan fingerprint density at radius 1 is 1.33 bits per heavy atom. The largest absolute Gasteiger partial charge is 0.366 e. The van der Waals surface area contributed by atoms with E-state index < -0.39 is 0 Å². The van der Waals surface area contributed by atoms with E-state index in [-0.39, 0.29) is 17.9 Å². The van der Waals surface area contributed by atoms with E-state index in [4.69, 9.17) is 0 Å². The molecule has 3 nitrogen and oxygen atoms in total. The fourth-order valence-corrected chi connectivity index (χ4v) is 1.55. The molecule has 0 fully saturated rings.